The first-order valence-corrected chi connectivity index (χ1v) is 6.14. The topological polar surface area (TPSA) is 26.3 Å². The maximum atomic E-state index is 11.6. The lowest BCUT2D eigenvalue weighted by Crippen LogP contribution is -2.10. The third-order valence-electron chi connectivity index (χ3n) is 2.56. The highest BCUT2D eigenvalue weighted by molar-refractivity contribution is 5.72. The van der Waals surface area contributed by atoms with Crippen molar-refractivity contribution in [3.05, 3.63) is 29.8 Å². The van der Waals surface area contributed by atoms with Gasteiger partial charge in [-0.05, 0) is 37.3 Å². The van der Waals surface area contributed by atoms with Crippen LogP contribution in [0.15, 0.2) is 24.3 Å². The number of esters is 1. The van der Waals surface area contributed by atoms with Crippen LogP contribution in [0.25, 0.3) is 0 Å². The molecule has 0 amide bonds. The highest BCUT2D eigenvalue weighted by Crippen LogP contribution is 2.22. The molecule has 1 aromatic carbocycles. The monoisotopic (exact) mass is 234 g/mol. The molecule has 0 N–H and O–H groups in total. The van der Waals surface area contributed by atoms with Crippen molar-refractivity contribution in [3.63, 3.8) is 0 Å². The van der Waals surface area contributed by atoms with Crippen LogP contribution in [0, 0.1) is 12.3 Å². The van der Waals surface area contributed by atoms with Gasteiger partial charge in [0, 0.05) is 6.42 Å². The van der Waals surface area contributed by atoms with Crippen LogP contribution >= 0.6 is 0 Å². The van der Waals surface area contributed by atoms with Crippen LogP contribution in [0.1, 0.15) is 45.6 Å². The first-order valence-electron chi connectivity index (χ1n) is 6.14. The Bertz CT molecular complexity index is 358. The van der Waals surface area contributed by atoms with E-state index in [0.717, 1.165) is 18.4 Å². The Labute approximate surface area is 104 Å². The zero-order valence-corrected chi connectivity index (χ0v) is 11.2. The van der Waals surface area contributed by atoms with Crippen molar-refractivity contribution in [2.75, 3.05) is 0 Å². The summed E-state index contributed by atoms with van der Waals surface area (Å²) >= 11 is 0. The molecule has 0 spiro atoms. The summed E-state index contributed by atoms with van der Waals surface area (Å²) in [4.78, 5) is 11.6. The van der Waals surface area contributed by atoms with Gasteiger partial charge in [-0.3, -0.25) is 4.79 Å². The Kier molecular flexibility index (Phi) is 4.73. The predicted molar refractivity (Wildman–Crippen MR) is 70.1 cm³/mol. The number of rotatable bonds is 4. The van der Waals surface area contributed by atoms with Gasteiger partial charge in [-0.1, -0.05) is 38.5 Å². The Hall–Kier alpha value is -1.31. The zero-order valence-electron chi connectivity index (χ0n) is 11.2. The molecule has 0 saturated heterocycles. The lowest BCUT2D eigenvalue weighted by atomic mass is 9.90. The second-order valence-electron chi connectivity index (χ2n) is 5.70. The van der Waals surface area contributed by atoms with Crippen LogP contribution in [-0.4, -0.2) is 5.97 Å². The summed E-state index contributed by atoms with van der Waals surface area (Å²) in [5.74, 6) is 0.495. The minimum absolute atomic E-state index is 0.141. The number of benzene rings is 1. The molecule has 0 aliphatic carbocycles. The molecule has 0 heterocycles. The van der Waals surface area contributed by atoms with Gasteiger partial charge < -0.3 is 4.74 Å². The molecule has 0 radical (unpaired) electrons. The summed E-state index contributed by atoms with van der Waals surface area (Å²) in [5, 5.41) is 0. The molecule has 1 aromatic rings. The van der Waals surface area contributed by atoms with Crippen molar-refractivity contribution in [2.45, 2.75) is 47.0 Å². The van der Waals surface area contributed by atoms with Gasteiger partial charge in [-0.15, -0.1) is 0 Å². The fraction of sp³-hybridized carbons (Fsp3) is 0.533. The Balaban J connectivity index is 2.32. The van der Waals surface area contributed by atoms with Crippen LogP contribution in [0.2, 0.25) is 0 Å². The van der Waals surface area contributed by atoms with Crippen LogP contribution in [0.3, 0.4) is 0 Å². The lowest BCUT2D eigenvalue weighted by Gasteiger charge is -2.17. The van der Waals surface area contributed by atoms with E-state index in [1.54, 1.807) is 0 Å². The molecule has 0 atom stereocenters. The summed E-state index contributed by atoms with van der Waals surface area (Å²) in [6.45, 7) is 8.55. The van der Waals surface area contributed by atoms with Gasteiger partial charge in [-0.25, -0.2) is 0 Å². The lowest BCUT2D eigenvalue weighted by molar-refractivity contribution is -0.134. The van der Waals surface area contributed by atoms with Gasteiger partial charge in [0.25, 0.3) is 0 Å². The first-order chi connectivity index (χ1) is 7.87. The van der Waals surface area contributed by atoms with E-state index in [9.17, 15) is 4.79 Å². The van der Waals surface area contributed by atoms with E-state index in [1.165, 1.54) is 0 Å². The molecular weight excluding hydrogens is 212 g/mol. The van der Waals surface area contributed by atoms with Gasteiger partial charge in [-0.2, -0.15) is 0 Å². The number of ether oxygens (including phenoxy) is 1. The predicted octanol–water partition coefficient (Wildman–Crippen LogP) is 4.12. The fourth-order valence-corrected chi connectivity index (χ4v) is 1.55. The number of aryl methyl sites for hydroxylation is 1. The second kappa shape index (κ2) is 5.85. The van der Waals surface area contributed by atoms with Gasteiger partial charge in [0.2, 0.25) is 0 Å². The summed E-state index contributed by atoms with van der Waals surface area (Å²) < 4.78 is 5.25. The summed E-state index contributed by atoms with van der Waals surface area (Å²) in [5.41, 5.74) is 1.45. The first kappa shape index (κ1) is 13.8. The Morgan fingerprint density at radius 1 is 1.18 bits per heavy atom. The third-order valence-corrected chi connectivity index (χ3v) is 2.56. The van der Waals surface area contributed by atoms with E-state index in [4.69, 9.17) is 4.74 Å². The summed E-state index contributed by atoms with van der Waals surface area (Å²) in [6.07, 6.45) is 2.41. The highest BCUT2D eigenvalue weighted by atomic mass is 16.5. The standard InChI is InChI=1S/C15H22O2/c1-12-7-9-13(10-8-12)17-14(16)6-5-11-15(2,3)4/h7-10H,5-6,11H2,1-4H3. The van der Waals surface area contributed by atoms with Crippen molar-refractivity contribution < 1.29 is 9.53 Å². The fourth-order valence-electron chi connectivity index (χ4n) is 1.55. The average molecular weight is 234 g/mol. The molecule has 0 fully saturated rings. The van der Waals surface area contributed by atoms with Gasteiger partial charge in [0.1, 0.15) is 5.75 Å². The van der Waals surface area contributed by atoms with Crippen molar-refractivity contribution in [1.82, 2.24) is 0 Å². The number of carbonyl (C=O) groups excluding carboxylic acids is 1. The van der Waals surface area contributed by atoms with E-state index in [1.807, 2.05) is 31.2 Å². The van der Waals surface area contributed by atoms with Gasteiger partial charge in [0.05, 0.1) is 0 Å². The molecule has 17 heavy (non-hydrogen) atoms. The zero-order chi connectivity index (χ0) is 12.9. The molecule has 0 aliphatic rings. The molecule has 94 valence electrons. The normalized spacial score (nSPS) is 11.3. The van der Waals surface area contributed by atoms with E-state index >= 15 is 0 Å². The Morgan fingerprint density at radius 3 is 2.29 bits per heavy atom. The van der Waals surface area contributed by atoms with Crippen LogP contribution in [-0.2, 0) is 4.79 Å². The third kappa shape index (κ3) is 6.10. The van der Waals surface area contributed by atoms with Crippen LogP contribution in [0.4, 0.5) is 0 Å². The van der Waals surface area contributed by atoms with Crippen molar-refractivity contribution in [3.8, 4) is 5.75 Å². The summed E-state index contributed by atoms with van der Waals surface area (Å²) in [6, 6.07) is 7.55. The van der Waals surface area contributed by atoms with E-state index in [-0.39, 0.29) is 11.4 Å². The maximum absolute atomic E-state index is 11.6. The van der Waals surface area contributed by atoms with E-state index < -0.39 is 0 Å². The molecule has 0 aromatic heterocycles. The van der Waals surface area contributed by atoms with Crippen LogP contribution in [0.5, 0.6) is 5.75 Å². The van der Waals surface area contributed by atoms with Crippen molar-refractivity contribution in [2.24, 2.45) is 5.41 Å². The largest absolute Gasteiger partial charge is 0.427 e. The van der Waals surface area contributed by atoms with Crippen LogP contribution < -0.4 is 4.74 Å². The molecule has 1 rings (SSSR count). The number of hydrogen-bond acceptors (Lipinski definition) is 2. The number of hydrogen-bond donors (Lipinski definition) is 0. The highest BCUT2D eigenvalue weighted by Gasteiger charge is 2.11. The second-order valence-corrected chi connectivity index (χ2v) is 5.70. The van der Waals surface area contributed by atoms with Gasteiger partial charge in [0.15, 0.2) is 0 Å². The molecule has 0 bridgehead atoms. The minimum atomic E-state index is -0.141. The molecule has 0 unspecified atom stereocenters. The Morgan fingerprint density at radius 2 is 1.76 bits per heavy atom. The molecule has 0 aliphatic heterocycles. The quantitative estimate of drug-likeness (QED) is 0.578. The SMILES string of the molecule is Cc1ccc(OC(=O)CCCC(C)(C)C)cc1. The van der Waals surface area contributed by atoms with E-state index in [0.29, 0.717) is 12.2 Å². The smallest absolute Gasteiger partial charge is 0.311 e. The molecular formula is C15H22O2. The maximum Gasteiger partial charge on any atom is 0.311 e. The van der Waals surface area contributed by atoms with Crippen molar-refractivity contribution >= 4 is 5.97 Å². The van der Waals surface area contributed by atoms with Gasteiger partial charge >= 0.3 is 5.97 Å². The minimum Gasteiger partial charge on any atom is -0.427 e. The molecule has 2 heteroatoms. The molecule has 2 nitrogen and oxygen atoms in total. The summed E-state index contributed by atoms with van der Waals surface area (Å²) in [7, 11) is 0. The molecule has 0 saturated carbocycles. The average Bonchev–Trinajstić information content (AvgIpc) is 2.19. The van der Waals surface area contributed by atoms with E-state index in [2.05, 4.69) is 20.8 Å². The van der Waals surface area contributed by atoms with Crippen molar-refractivity contribution in [1.29, 1.82) is 0 Å². The number of carbonyl (C=O) groups is 1.